The summed E-state index contributed by atoms with van der Waals surface area (Å²) in [4.78, 5) is 30.5. The van der Waals surface area contributed by atoms with Crippen LogP contribution >= 0.6 is 11.3 Å². The number of rotatable bonds is 8. The maximum atomic E-state index is 13.0. The maximum Gasteiger partial charge on any atom is 0.237 e. The van der Waals surface area contributed by atoms with E-state index in [0.717, 1.165) is 28.3 Å². The minimum absolute atomic E-state index is 0.265. The minimum atomic E-state index is -3.40. The summed E-state index contributed by atoms with van der Waals surface area (Å²) >= 11 is 1.16. The lowest BCUT2D eigenvalue weighted by atomic mass is 9.89. The van der Waals surface area contributed by atoms with Gasteiger partial charge in [0, 0.05) is 23.3 Å². The third kappa shape index (κ3) is 5.19. The number of aromatic nitrogens is 4. The second kappa shape index (κ2) is 8.79. The Morgan fingerprint density at radius 3 is 2.55 bits per heavy atom. The van der Waals surface area contributed by atoms with E-state index in [1.54, 1.807) is 43.9 Å². The molecule has 33 heavy (non-hydrogen) atoms. The Balaban J connectivity index is 1.44. The number of hydrogen-bond acceptors (Lipinski definition) is 8. The van der Waals surface area contributed by atoms with E-state index in [-0.39, 0.29) is 22.2 Å². The Labute approximate surface area is 197 Å². The van der Waals surface area contributed by atoms with Crippen LogP contribution in [0.15, 0.2) is 36.1 Å². The van der Waals surface area contributed by atoms with Crippen molar-refractivity contribution in [3.05, 3.63) is 47.5 Å². The first kappa shape index (κ1) is 23.2. The van der Waals surface area contributed by atoms with Gasteiger partial charge in [0.25, 0.3) is 0 Å². The first-order chi connectivity index (χ1) is 15.6. The summed E-state index contributed by atoms with van der Waals surface area (Å²) in [5.41, 5.74) is 1.91. The summed E-state index contributed by atoms with van der Waals surface area (Å²) < 4.78 is 26.8. The summed E-state index contributed by atoms with van der Waals surface area (Å²) in [6.45, 7) is 7.58. The third-order valence-corrected chi connectivity index (χ3v) is 8.16. The zero-order valence-electron chi connectivity index (χ0n) is 18.9. The normalized spacial score (nSPS) is 14.3. The molecule has 1 amide bonds. The molecule has 0 saturated heterocycles. The fourth-order valence-corrected chi connectivity index (χ4v) is 5.47. The monoisotopic (exact) mass is 486 g/mol. The molecule has 9 nitrogen and oxygen atoms in total. The van der Waals surface area contributed by atoms with Crippen LogP contribution in [-0.4, -0.2) is 39.5 Å². The maximum absolute atomic E-state index is 13.0. The van der Waals surface area contributed by atoms with Gasteiger partial charge in [-0.25, -0.2) is 23.4 Å². The molecule has 0 radical (unpaired) electrons. The van der Waals surface area contributed by atoms with Crippen molar-refractivity contribution in [1.29, 1.82) is 0 Å². The van der Waals surface area contributed by atoms with Crippen LogP contribution in [0.5, 0.6) is 0 Å². The van der Waals surface area contributed by atoms with E-state index in [4.69, 9.17) is 0 Å². The van der Waals surface area contributed by atoms with Gasteiger partial charge in [0.1, 0.15) is 5.82 Å². The van der Waals surface area contributed by atoms with E-state index in [1.807, 2.05) is 6.07 Å². The highest BCUT2D eigenvalue weighted by Crippen LogP contribution is 2.33. The van der Waals surface area contributed by atoms with Crippen LogP contribution in [0.25, 0.3) is 11.3 Å². The Morgan fingerprint density at radius 2 is 1.91 bits per heavy atom. The summed E-state index contributed by atoms with van der Waals surface area (Å²) in [7, 11) is -3.40. The second-order valence-electron chi connectivity index (χ2n) is 8.88. The lowest BCUT2D eigenvalue weighted by Gasteiger charge is -2.21. The molecule has 3 aromatic heterocycles. The molecule has 1 aliphatic rings. The number of pyridine rings is 1. The first-order valence-corrected chi connectivity index (χ1v) is 13.1. The molecule has 0 aromatic carbocycles. The molecule has 4 rings (SSSR count). The molecular formula is C22H26N6O3S2. The van der Waals surface area contributed by atoms with Crippen molar-refractivity contribution < 1.29 is 13.2 Å². The van der Waals surface area contributed by atoms with Crippen molar-refractivity contribution in [2.24, 2.45) is 0 Å². The smallest absolute Gasteiger partial charge is 0.237 e. The van der Waals surface area contributed by atoms with Crippen LogP contribution in [0.3, 0.4) is 0 Å². The summed E-state index contributed by atoms with van der Waals surface area (Å²) in [5, 5.41) is 4.44. The number of hydrogen-bond donors (Lipinski definition) is 2. The molecule has 0 aliphatic heterocycles. The Bertz CT molecular complexity index is 1270. The lowest BCUT2D eigenvalue weighted by Crippen LogP contribution is -2.35. The number of sulfonamides is 1. The summed E-state index contributed by atoms with van der Waals surface area (Å²) in [5.74, 6) is 0.363. The molecule has 0 spiro atoms. The molecule has 1 fully saturated rings. The number of carbonyl (C=O) groups excluding carboxylic acids is 1. The van der Waals surface area contributed by atoms with Crippen molar-refractivity contribution in [2.75, 3.05) is 10.0 Å². The molecule has 0 bridgehead atoms. The third-order valence-electron chi connectivity index (χ3n) is 5.45. The van der Waals surface area contributed by atoms with E-state index < -0.39 is 15.4 Å². The van der Waals surface area contributed by atoms with Gasteiger partial charge in [0.2, 0.25) is 15.9 Å². The van der Waals surface area contributed by atoms with Gasteiger partial charge in [-0.3, -0.25) is 14.5 Å². The highest BCUT2D eigenvalue weighted by Gasteiger charge is 2.37. The molecular weight excluding hydrogens is 460 g/mol. The molecule has 3 heterocycles. The lowest BCUT2D eigenvalue weighted by molar-refractivity contribution is -0.120. The van der Waals surface area contributed by atoms with E-state index in [0.29, 0.717) is 24.4 Å². The van der Waals surface area contributed by atoms with Crippen molar-refractivity contribution in [2.45, 2.75) is 57.1 Å². The number of anilines is 2. The van der Waals surface area contributed by atoms with Gasteiger partial charge in [-0.05, 0) is 44.7 Å². The number of nitrogens with one attached hydrogen (secondary N) is 2. The molecule has 1 aliphatic carbocycles. The molecule has 1 saturated carbocycles. The quantitative estimate of drug-likeness (QED) is 0.494. The van der Waals surface area contributed by atoms with Crippen LogP contribution in [0.1, 0.15) is 57.8 Å². The zero-order chi connectivity index (χ0) is 23.8. The molecule has 11 heteroatoms. The average Bonchev–Trinajstić information content (AvgIpc) is 3.55. The molecule has 2 N–H and O–H groups in total. The Hall–Kier alpha value is -2.92. The van der Waals surface area contributed by atoms with Crippen LogP contribution in [-0.2, 0) is 20.2 Å². The van der Waals surface area contributed by atoms with Crippen LogP contribution in [0.4, 0.5) is 10.9 Å². The van der Waals surface area contributed by atoms with Gasteiger partial charge in [-0.15, -0.1) is 11.3 Å². The number of nitrogens with zero attached hydrogens (tertiary/aromatic N) is 4. The van der Waals surface area contributed by atoms with Crippen molar-refractivity contribution >= 4 is 38.2 Å². The van der Waals surface area contributed by atoms with Crippen LogP contribution in [0, 0.1) is 0 Å². The SMILES string of the molecule is CC(C)c1cncc(-c2ccc(NC(=O)C(C)(C)c3csc(NS(=O)(=O)C4CC4)n3)nc2)n1. The molecule has 0 atom stereocenters. The van der Waals surface area contributed by atoms with Crippen molar-refractivity contribution in [1.82, 2.24) is 19.9 Å². The van der Waals surface area contributed by atoms with E-state index in [9.17, 15) is 13.2 Å². The average molecular weight is 487 g/mol. The molecule has 174 valence electrons. The highest BCUT2D eigenvalue weighted by molar-refractivity contribution is 7.93. The molecule has 0 unspecified atom stereocenters. The van der Waals surface area contributed by atoms with E-state index >= 15 is 0 Å². The van der Waals surface area contributed by atoms with Gasteiger partial charge in [0.05, 0.1) is 33.9 Å². The number of carbonyl (C=O) groups is 1. The zero-order valence-corrected chi connectivity index (χ0v) is 20.5. The fraction of sp³-hybridized carbons (Fsp3) is 0.409. The van der Waals surface area contributed by atoms with Crippen LogP contribution in [0.2, 0.25) is 0 Å². The number of thiazole rings is 1. The summed E-state index contributed by atoms with van der Waals surface area (Å²) in [6, 6.07) is 3.54. The van der Waals surface area contributed by atoms with Gasteiger partial charge in [-0.1, -0.05) is 13.8 Å². The van der Waals surface area contributed by atoms with Gasteiger partial charge >= 0.3 is 0 Å². The second-order valence-corrected chi connectivity index (χ2v) is 11.7. The Kier molecular flexibility index (Phi) is 6.19. The van der Waals surface area contributed by atoms with Gasteiger partial charge < -0.3 is 5.32 Å². The van der Waals surface area contributed by atoms with E-state index in [1.165, 1.54) is 0 Å². The highest BCUT2D eigenvalue weighted by atomic mass is 32.2. The minimum Gasteiger partial charge on any atom is -0.310 e. The van der Waals surface area contributed by atoms with Crippen molar-refractivity contribution in [3.8, 4) is 11.3 Å². The number of amides is 1. The predicted molar refractivity (Wildman–Crippen MR) is 129 cm³/mol. The molecule has 3 aromatic rings. The topological polar surface area (TPSA) is 127 Å². The van der Waals surface area contributed by atoms with Crippen LogP contribution < -0.4 is 10.0 Å². The van der Waals surface area contributed by atoms with Gasteiger partial charge in [-0.2, -0.15) is 0 Å². The standard InChI is InChI=1S/C22H26N6O3S2/c1-13(2)16-10-23-11-17(25-16)14-5-8-19(24-9-14)27-20(29)22(3,4)18-12-32-21(26-18)28-33(30,31)15-6-7-15/h5,8-13,15H,6-7H2,1-4H3,(H,26,28)(H,24,27,29). The Morgan fingerprint density at radius 1 is 1.15 bits per heavy atom. The first-order valence-electron chi connectivity index (χ1n) is 10.6. The van der Waals surface area contributed by atoms with Gasteiger partial charge in [0.15, 0.2) is 5.13 Å². The van der Waals surface area contributed by atoms with Crippen molar-refractivity contribution in [3.63, 3.8) is 0 Å². The van der Waals surface area contributed by atoms with E-state index in [2.05, 4.69) is 43.8 Å². The predicted octanol–water partition coefficient (Wildman–Crippen LogP) is 3.94. The summed E-state index contributed by atoms with van der Waals surface area (Å²) in [6.07, 6.45) is 6.41. The fourth-order valence-electron chi connectivity index (χ4n) is 3.00. The largest absolute Gasteiger partial charge is 0.310 e.